The Morgan fingerprint density at radius 2 is 1.69 bits per heavy atom. The molecule has 2 amide bonds. The molecule has 0 radical (unpaired) electrons. The van der Waals surface area contributed by atoms with E-state index in [2.05, 4.69) is 0 Å². The standard InChI is InChI=1S/C8H16N2O3/c1-5(7(11)9-13)6(2)8(12)10(3)4/h5-6,13H,1-4H3,(H,9,11). The van der Waals surface area contributed by atoms with Crippen LogP contribution < -0.4 is 5.48 Å². The highest BCUT2D eigenvalue weighted by molar-refractivity contribution is 5.86. The van der Waals surface area contributed by atoms with Crippen LogP contribution in [0, 0.1) is 11.8 Å². The summed E-state index contributed by atoms with van der Waals surface area (Å²) >= 11 is 0. The molecule has 5 heteroatoms. The van der Waals surface area contributed by atoms with Gasteiger partial charge in [0.15, 0.2) is 0 Å². The van der Waals surface area contributed by atoms with E-state index in [1.54, 1.807) is 27.9 Å². The number of amides is 2. The fourth-order valence-electron chi connectivity index (χ4n) is 0.950. The lowest BCUT2D eigenvalue weighted by atomic mass is 9.94. The van der Waals surface area contributed by atoms with E-state index in [4.69, 9.17) is 5.21 Å². The lowest BCUT2D eigenvalue weighted by molar-refractivity contribution is -0.142. The van der Waals surface area contributed by atoms with Crippen LogP contribution in [0.15, 0.2) is 0 Å². The zero-order chi connectivity index (χ0) is 10.6. The molecule has 0 fully saturated rings. The summed E-state index contributed by atoms with van der Waals surface area (Å²) in [6.45, 7) is 3.25. The number of rotatable bonds is 3. The van der Waals surface area contributed by atoms with Gasteiger partial charge in [0.2, 0.25) is 11.8 Å². The first-order valence-electron chi connectivity index (χ1n) is 4.07. The number of hydroxylamine groups is 1. The maximum atomic E-state index is 11.4. The molecule has 0 bridgehead atoms. The molecule has 0 aliphatic rings. The Labute approximate surface area is 77.7 Å². The van der Waals surface area contributed by atoms with Crippen molar-refractivity contribution in [2.45, 2.75) is 13.8 Å². The molecule has 2 N–H and O–H groups in total. The number of hydrogen-bond donors (Lipinski definition) is 2. The second-order valence-electron chi connectivity index (χ2n) is 3.29. The number of carbonyl (C=O) groups excluding carboxylic acids is 2. The first kappa shape index (κ1) is 11.9. The highest BCUT2D eigenvalue weighted by Gasteiger charge is 2.26. The number of nitrogens with one attached hydrogen (secondary N) is 1. The van der Waals surface area contributed by atoms with Gasteiger partial charge >= 0.3 is 0 Å². The lowest BCUT2D eigenvalue weighted by Crippen LogP contribution is -2.38. The Bertz CT molecular complexity index is 204. The zero-order valence-electron chi connectivity index (χ0n) is 8.37. The van der Waals surface area contributed by atoms with E-state index in [9.17, 15) is 9.59 Å². The fourth-order valence-corrected chi connectivity index (χ4v) is 0.950. The van der Waals surface area contributed by atoms with E-state index in [1.165, 1.54) is 10.4 Å². The van der Waals surface area contributed by atoms with E-state index in [1.807, 2.05) is 0 Å². The highest BCUT2D eigenvalue weighted by atomic mass is 16.5. The van der Waals surface area contributed by atoms with E-state index in [-0.39, 0.29) is 5.91 Å². The second-order valence-corrected chi connectivity index (χ2v) is 3.29. The van der Waals surface area contributed by atoms with Gasteiger partial charge in [-0.2, -0.15) is 0 Å². The van der Waals surface area contributed by atoms with Crippen molar-refractivity contribution in [1.82, 2.24) is 10.4 Å². The predicted molar refractivity (Wildman–Crippen MR) is 47.0 cm³/mol. The molecule has 76 valence electrons. The van der Waals surface area contributed by atoms with Crippen molar-refractivity contribution in [3.8, 4) is 0 Å². The number of carbonyl (C=O) groups is 2. The van der Waals surface area contributed by atoms with Gasteiger partial charge in [0.25, 0.3) is 0 Å². The Morgan fingerprint density at radius 3 is 2.00 bits per heavy atom. The molecule has 5 nitrogen and oxygen atoms in total. The SMILES string of the molecule is CC(C(=O)NO)C(C)C(=O)N(C)C. The van der Waals surface area contributed by atoms with Gasteiger partial charge in [-0.15, -0.1) is 0 Å². The molecule has 2 atom stereocenters. The first-order valence-corrected chi connectivity index (χ1v) is 4.07. The number of hydrogen-bond acceptors (Lipinski definition) is 3. The molecule has 0 heterocycles. The molecule has 0 spiro atoms. The van der Waals surface area contributed by atoms with Gasteiger partial charge in [0.05, 0.1) is 0 Å². The minimum atomic E-state index is -0.539. The fraction of sp³-hybridized carbons (Fsp3) is 0.750. The summed E-state index contributed by atoms with van der Waals surface area (Å²) in [5.41, 5.74) is 1.53. The minimum Gasteiger partial charge on any atom is -0.349 e. The van der Waals surface area contributed by atoms with Crippen molar-refractivity contribution >= 4 is 11.8 Å². The van der Waals surface area contributed by atoms with E-state index >= 15 is 0 Å². The summed E-state index contributed by atoms with van der Waals surface area (Å²) in [6, 6.07) is 0. The normalized spacial score (nSPS) is 14.5. The second kappa shape index (κ2) is 4.81. The molecule has 0 aliphatic heterocycles. The third-order valence-electron chi connectivity index (χ3n) is 2.10. The molecule has 0 aromatic rings. The summed E-state index contributed by atoms with van der Waals surface area (Å²) in [4.78, 5) is 23.7. The molecule has 0 saturated heterocycles. The molecule has 13 heavy (non-hydrogen) atoms. The molecule has 0 aromatic carbocycles. The Hall–Kier alpha value is -1.10. The van der Waals surface area contributed by atoms with Gasteiger partial charge in [-0.1, -0.05) is 13.8 Å². The molecule has 0 aromatic heterocycles. The van der Waals surface area contributed by atoms with Crippen LogP contribution in [0.4, 0.5) is 0 Å². The van der Waals surface area contributed by atoms with Gasteiger partial charge < -0.3 is 4.90 Å². The summed E-state index contributed by atoms with van der Waals surface area (Å²) in [6.07, 6.45) is 0. The highest BCUT2D eigenvalue weighted by Crippen LogP contribution is 2.12. The molecule has 0 rings (SSSR count). The summed E-state index contributed by atoms with van der Waals surface area (Å²) in [5, 5.41) is 8.35. The van der Waals surface area contributed by atoms with Crippen molar-refractivity contribution in [2.24, 2.45) is 11.8 Å². The van der Waals surface area contributed by atoms with Gasteiger partial charge in [0.1, 0.15) is 0 Å². The quantitative estimate of drug-likeness (QED) is 0.478. The van der Waals surface area contributed by atoms with Crippen LogP contribution in [-0.2, 0) is 9.59 Å². The van der Waals surface area contributed by atoms with Crippen molar-refractivity contribution in [2.75, 3.05) is 14.1 Å². The molecular formula is C8H16N2O3. The number of nitrogens with zero attached hydrogens (tertiary/aromatic N) is 1. The average Bonchev–Trinajstić information content (AvgIpc) is 2.12. The molecule has 2 unspecified atom stereocenters. The van der Waals surface area contributed by atoms with E-state index in [0.29, 0.717) is 0 Å². The van der Waals surface area contributed by atoms with Crippen molar-refractivity contribution in [3.63, 3.8) is 0 Å². The van der Waals surface area contributed by atoms with E-state index in [0.717, 1.165) is 0 Å². The topological polar surface area (TPSA) is 69.6 Å². The first-order chi connectivity index (χ1) is 5.91. The molecule has 0 saturated carbocycles. The Balaban J connectivity index is 4.33. The Kier molecular flexibility index (Phi) is 4.40. The summed E-state index contributed by atoms with van der Waals surface area (Å²) in [5.74, 6) is -1.62. The lowest BCUT2D eigenvalue weighted by Gasteiger charge is -2.20. The summed E-state index contributed by atoms with van der Waals surface area (Å²) < 4.78 is 0. The van der Waals surface area contributed by atoms with E-state index < -0.39 is 17.7 Å². The predicted octanol–water partition coefficient (Wildman–Crippen LogP) is -0.148. The maximum absolute atomic E-state index is 11.4. The van der Waals surface area contributed by atoms with Gasteiger partial charge in [0, 0.05) is 25.9 Å². The van der Waals surface area contributed by atoms with Gasteiger partial charge in [-0.3, -0.25) is 14.8 Å². The van der Waals surface area contributed by atoms with Crippen molar-refractivity contribution in [1.29, 1.82) is 0 Å². The van der Waals surface area contributed by atoms with Crippen molar-refractivity contribution < 1.29 is 14.8 Å². The van der Waals surface area contributed by atoms with Crippen LogP contribution in [0.3, 0.4) is 0 Å². The largest absolute Gasteiger partial charge is 0.349 e. The molecular weight excluding hydrogens is 172 g/mol. The Morgan fingerprint density at radius 1 is 1.23 bits per heavy atom. The minimum absolute atomic E-state index is 0.129. The average molecular weight is 188 g/mol. The van der Waals surface area contributed by atoms with Gasteiger partial charge in [-0.25, -0.2) is 5.48 Å². The third-order valence-corrected chi connectivity index (χ3v) is 2.10. The monoisotopic (exact) mass is 188 g/mol. The van der Waals surface area contributed by atoms with Crippen molar-refractivity contribution in [3.05, 3.63) is 0 Å². The van der Waals surface area contributed by atoms with Gasteiger partial charge in [-0.05, 0) is 0 Å². The zero-order valence-corrected chi connectivity index (χ0v) is 8.37. The molecule has 0 aliphatic carbocycles. The smallest absolute Gasteiger partial charge is 0.246 e. The van der Waals surface area contributed by atoms with Crippen LogP contribution in [0.5, 0.6) is 0 Å². The maximum Gasteiger partial charge on any atom is 0.246 e. The summed E-state index contributed by atoms with van der Waals surface area (Å²) in [7, 11) is 3.25. The van der Waals surface area contributed by atoms with Crippen LogP contribution in [-0.4, -0.2) is 36.0 Å². The van der Waals surface area contributed by atoms with Crippen LogP contribution in [0.25, 0.3) is 0 Å². The van der Waals surface area contributed by atoms with Crippen LogP contribution >= 0.6 is 0 Å². The third kappa shape index (κ3) is 3.02. The van der Waals surface area contributed by atoms with Crippen LogP contribution in [0.2, 0.25) is 0 Å². The van der Waals surface area contributed by atoms with Crippen LogP contribution in [0.1, 0.15) is 13.8 Å².